The van der Waals surface area contributed by atoms with E-state index in [0.29, 0.717) is 0 Å². The molecule has 13 aromatic rings. The molecule has 0 saturated heterocycles. The van der Waals surface area contributed by atoms with E-state index in [9.17, 15) is 0 Å². The SMILES string of the molecule is c1ccc(-c2ccc(-n3c4ccc(-c5ccc6c(c5)c5ccccc5n6-c5cccc6ccccc56)cc4c4ccc5c(c43)-c3ccccc3C5(c3ccccc3)c3ccccc3)cc2)cc1. The van der Waals surface area contributed by atoms with Crippen LogP contribution in [0.15, 0.2) is 255 Å². The number of nitrogens with zero attached hydrogens (tertiary/aromatic N) is 2. The summed E-state index contributed by atoms with van der Waals surface area (Å²) in [6, 6.07) is 94.3. The molecule has 1 aliphatic carbocycles. The molecule has 2 aromatic heterocycles. The second kappa shape index (κ2) is 14.7. The van der Waals surface area contributed by atoms with Crippen LogP contribution >= 0.6 is 0 Å². The Kier molecular flexibility index (Phi) is 8.23. The molecule has 0 atom stereocenters. The zero-order chi connectivity index (χ0) is 44.1. The molecule has 0 fully saturated rings. The highest BCUT2D eigenvalue weighted by Crippen LogP contribution is 2.58. The largest absolute Gasteiger partial charge is 0.309 e. The summed E-state index contributed by atoms with van der Waals surface area (Å²) < 4.78 is 4.98. The molecule has 0 N–H and O–H groups in total. The van der Waals surface area contributed by atoms with Crippen LogP contribution in [0.5, 0.6) is 0 Å². The smallest absolute Gasteiger partial charge is 0.0714 e. The standard InChI is InChI=1S/C65H42N2/c1-4-17-43(18-5-1)44-31-35-50(36-32-44)66-61-39-33-47(46-34-40-62-55(41-46)52-26-13-15-29-60(52)67(62)59-30-16-20-45-19-10-11-25-51(45)59)42-56(61)53-37-38-58-63(64(53)66)54-27-12-14-28-57(54)65(58,48-21-6-2-7-22-48)49-23-8-3-9-24-49/h1-42H. The summed E-state index contributed by atoms with van der Waals surface area (Å²) in [6.07, 6.45) is 0. The van der Waals surface area contributed by atoms with Gasteiger partial charge in [-0.2, -0.15) is 0 Å². The highest BCUT2D eigenvalue weighted by atomic mass is 15.0. The topological polar surface area (TPSA) is 9.86 Å². The first-order valence-electron chi connectivity index (χ1n) is 23.3. The third-order valence-corrected chi connectivity index (χ3v) is 14.6. The molecule has 2 nitrogen and oxygen atoms in total. The van der Waals surface area contributed by atoms with Gasteiger partial charge in [0.1, 0.15) is 0 Å². The fraction of sp³-hybridized carbons (Fsp3) is 0.0154. The van der Waals surface area contributed by atoms with Crippen molar-refractivity contribution in [2.45, 2.75) is 5.41 Å². The Balaban J connectivity index is 1.03. The lowest BCUT2D eigenvalue weighted by molar-refractivity contribution is 0.769. The normalized spacial score (nSPS) is 12.9. The molecule has 0 bridgehead atoms. The zero-order valence-electron chi connectivity index (χ0n) is 36.6. The Labute approximate surface area is 388 Å². The molecule has 11 aromatic carbocycles. The van der Waals surface area contributed by atoms with Crippen LogP contribution in [0.25, 0.3) is 99.1 Å². The third-order valence-electron chi connectivity index (χ3n) is 14.6. The quantitative estimate of drug-likeness (QED) is 0.158. The second-order valence-corrected chi connectivity index (χ2v) is 18.0. The molecule has 0 radical (unpaired) electrons. The van der Waals surface area contributed by atoms with Crippen LogP contribution in [-0.4, -0.2) is 9.13 Å². The molecule has 0 aliphatic heterocycles. The maximum atomic E-state index is 2.53. The van der Waals surface area contributed by atoms with Crippen molar-refractivity contribution in [3.05, 3.63) is 277 Å². The lowest BCUT2D eigenvalue weighted by Gasteiger charge is -2.33. The lowest BCUT2D eigenvalue weighted by atomic mass is 9.67. The molecule has 67 heavy (non-hydrogen) atoms. The van der Waals surface area contributed by atoms with Crippen molar-refractivity contribution < 1.29 is 0 Å². The van der Waals surface area contributed by atoms with Crippen molar-refractivity contribution in [3.8, 4) is 44.8 Å². The van der Waals surface area contributed by atoms with Crippen LogP contribution in [0.3, 0.4) is 0 Å². The van der Waals surface area contributed by atoms with Crippen LogP contribution < -0.4 is 0 Å². The van der Waals surface area contributed by atoms with Gasteiger partial charge in [0.05, 0.1) is 33.2 Å². The molecule has 312 valence electrons. The van der Waals surface area contributed by atoms with E-state index in [-0.39, 0.29) is 0 Å². The van der Waals surface area contributed by atoms with Crippen molar-refractivity contribution in [2.75, 3.05) is 0 Å². The van der Waals surface area contributed by atoms with E-state index in [4.69, 9.17) is 0 Å². The van der Waals surface area contributed by atoms with Gasteiger partial charge in [-0.15, -0.1) is 0 Å². The average Bonchev–Trinajstić information content (AvgIpc) is 4.03. The fourth-order valence-corrected chi connectivity index (χ4v) is 11.7. The number of hydrogen-bond donors (Lipinski definition) is 0. The maximum absolute atomic E-state index is 2.53. The van der Waals surface area contributed by atoms with Gasteiger partial charge in [0.25, 0.3) is 0 Å². The molecule has 14 rings (SSSR count). The Morgan fingerprint density at radius 1 is 0.299 bits per heavy atom. The molecule has 0 amide bonds. The third kappa shape index (κ3) is 5.45. The zero-order valence-corrected chi connectivity index (χ0v) is 36.6. The molecule has 2 heterocycles. The minimum Gasteiger partial charge on any atom is -0.309 e. The average molecular weight is 851 g/mol. The van der Waals surface area contributed by atoms with Crippen molar-refractivity contribution in [3.63, 3.8) is 0 Å². The molecule has 0 saturated carbocycles. The van der Waals surface area contributed by atoms with Crippen molar-refractivity contribution >= 4 is 54.4 Å². The molecule has 0 unspecified atom stereocenters. The van der Waals surface area contributed by atoms with E-state index < -0.39 is 5.41 Å². The number of para-hydroxylation sites is 1. The van der Waals surface area contributed by atoms with Crippen LogP contribution in [0.2, 0.25) is 0 Å². The Morgan fingerprint density at radius 2 is 0.836 bits per heavy atom. The van der Waals surface area contributed by atoms with Gasteiger partial charge in [-0.3, -0.25) is 0 Å². The predicted molar refractivity (Wildman–Crippen MR) is 281 cm³/mol. The first kappa shape index (κ1) is 37.6. The van der Waals surface area contributed by atoms with Crippen molar-refractivity contribution in [1.82, 2.24) is 9.13 Å². The Hall–Kier alpha value is -8.72. The molecular weight excluding hydrogens is 809 g/mol. The molecule has 0 spiro atoms. The van der Waals surface area contributed by atoms with E-state index in [1.807, 2.05) is 0 Å². The number of fused-ring (bicyclic) bond motifs is 11. The van der Waals surface area contributed by atoms with Gasteiger partial charge in [-0.1, -0.05) is 206 Å². The Bertz CT molecular complexity index is 4020. The van der Waals surface area contributed by atoms with Crippen LogP contribution in [0.4, 0.5) is 0 Å². The predicted octanol–water partition coefficient (Wildman–Crippen LogP) is 16.7. The number of hydrogen-bond acceptors (Lipinski definition) is 0. The van der Waals surface area contributed by atoms with E-state index in [1.54, 1.807) is 0 Å². The van der Waals surface area contributed by atoms with Crippen LogP contribution in [0, 0.1) is 0 Å². The van der Waals surface area contributed by atoms with Gasteiger partial charge < -0.3 is 9.13 Å². The van der Waals surface area contributed by atoms with Gasteiger partial charge in [0, 0.05) is 38.2 Å². The summed E-state index contributed by atoms with van der Waals surface area (Å²) in [6.45, 7) is 0. The van der Waals surface area contributed by atoms with Gasteiger partial charge in [-0.25, -0.2) is 0 Å². The monoisotopic (exact) mass is 850 g/mol. The van der Waals surface area contributed by atoms with E-state index >= 15 is 0 Å². The summed E-state index contributed by atoms with van der Waals surface area (Å²) in [5.41, 5.74) is 19.1. The van der Waals surface area contributed by atoms with Gasteiger partial charge in [0.15, 0.2) is 0 Å². The molecule has 2 heteroatoms. The Morgan fingerprint density at radius 3 is 1.57 bits per heavy atom. The van der Waals surface area contributed by atoms with E-state index in [0.717, 1.165) is 5.69 Å². The van der Waals surface area contributed by atoms with Gasteiger partial charge >= 0.3 is 0 Å². The highest BCUT2D eigenvalue weighted by Gasteiger charge is 2.47. The first-order valence-corrected chi connectivity index (χ1v) is 23.3. The summed E-state index contributed by atoms with van der Waals surface area (Å²) >= 11 is 0. The summed E-state index contributed by atoms with van der Waals surface area (Å²) in [5.74, 6) is 0. The summed E-state index contributed by atoms with van der Waals surface area (Å²) in [7, 11) is 0. The summed E-state index contributed by atoms with van der Waals surface area (Å²) in [5, 5.41) is 7.45. The van der Waals surface area contributed by atoms with E-state index in [2.05, 4.69) is 264 Å². The van der Waals surface area contributed by atoms with Gasteiger partial charge in [-0.05, 0) is 104 Å². The lowest BCUT2D eigenvalue weighted by Crippen LogP contribution is -2.28. The minimum atomic E-state index is -0.507. The van der Waals surface area contributed by atoms with Crippen LogP contribution in [0.1, 0.15) is 22.3 Å². The fourth-order valence-electron chi connectivity index (χ4n) is 11.7. The maximum Gasteiger partial charge on any atom is 0.0714 e. The molecular formula is C65H42N2. The minimum absolute atomic E-state index is 0.507. The van der Waals surface area contributed by atoms with Crippen molar-refractivity contribution in [2.24, 2.45) is 0 Å². The van der Waals surface area contributed by atoms with Crippen LogP contribution in [-0.2, 0) is 5.41 Å². The highest BCUT2D eigenvalue weighted by molar-refractivity contribution is 6.17. The van der Waals surface area contributed by atoms with Gasteiger partial charge in [0.2, 0.25) is 0 Å². The van der Waals surface area contributed by atoms with E-state index in [1.165, 1.54) is 116 Å². The second-order valence-electron chi connectivity index (χ2n) is 18.0. The number of rotatable bonds is 6. The summed E-state index contributed by atoms with van der Waals surface area (Å²) in [4.78, 5) is 0. The first-order chi connectivity index (χ1) is 33.3. The number of aromatic nitrogens is 2. The number of benzene rings is 11. The van der Waals surface area contributed by atoms with Crippen molar-refractivity contribution in [1.29, 1.82) is 0 Å². The molecule has 1 aliphatic rings.